The second kappa shape index (κ2) is 15.4. The summed E-state index contributed by atoms with van der Waals surface area (Å²) in [6, 6.07) is 7.29. The van der Waals surface area contributed by atoms with Crippen molar-refractivity contribution in [2.75, 3.05) is 0 Å². The second-order valence-corrected chi connectivity index (χ2v) is 6.89. The van der Waals surface area contributed by atoms with E-state index in [-0.39, 0.29) is 51.4 Å². The van der Waals surface area contributed by atoms with Gasteiger partial charge in [-0.2, -0.15) is 0 Å². The van der Waals surface area contributed by atoms with Crippen molar-refractivity contribution in [2.24, 2.45) is 0 Å². The van der Waals surface area contributed by atoms with Crippen LogP contribution >= 0.6 is 8.03 Å². The predicted molar refractivity (Wildman–Crippen MR) is 89.2 cm³/mol. The van der Waals surface area contributed by atoms with E-state index < -0.39 is 8.03 Å². The summed E-state index contributed by atoms with van der Waals surface area (Å²) in [5.41, 5.74) is 1.25. The molecule has 0 aliphatic heterocycles. The third-order valence-electron chi connectivity index (χ3n) is 3.97. The van der Waals surface area contributed by atoms with Gasteiger partial charge in [0.25, 0.3) is 0 Å². The maximum atomic E-state index is 10.8. The summed E-state index contributed by atoms with van der Waals surface area (Å²) < 4.78 is 10.8. The van der Waals surface area contributed by atoms with E-state index in [2.05, 4.69) is 6.92 Å². The largest absolute Gasteiger partial charge is 1.00 e. The van der Waals surface area contributed by atoms with Gasteiger partial charge in [-0.3, -0.25) is 0 Å². The molecule has 0 spiro atoms. The molecule has 2 nitrogen and oxygen atoms in total. The summed E-state index contributed by atoms with van der Waals surface area (Å²) in [5, 5.41) is 0.414. The van der Waals surface area contributed by atoms with E-state index in [0.29, 0.717) is 5.30 Å². The standard InChI is InChI=1S/C18H29O2P.K/c1-2-3-4-5-6-7-8-9-10-11-12-17-13-15-18(16-14-17)21(19)20;/h13-16H,2-12H2,1H3;/q;+1. The Bertz CT molecular complexity index is 393. The number of unbranched alkanes of at least 4 members (excludes halogenated alkanes) is 9. The van der Waals surface area contributed by atoms with Gasteiger partial charge in [-0.1, -0.05) is 81.4 Å². The number of hydrogen-bond acceptors (Lipinski definition) is 2. The monoisotopic (exact) mass is 347 g/mol. The fourth-order valence-electron chi connectivity index (χ4n) is 2.60. The summed E-state index contributed by atoms with van der Waals surface area (Å²) in [5.74, 6) is 0. The van der Waals surface area contributed by atoms with Crippen LogP contribution in [0.3, 0.4) is 0 Å². The first-order valence-corrected chi connectivity index (χ1v) is 9.65. The number of hydrogen-bond donors (Lipinski definition) is 0. The molecule has 1 atom stereocenters. The molecule has 1 unspecified atom stereocenters. The first kappa shape index (κ1) is 22.9. The van der Waals surface area contributed by atoms with Crippen LogP contribution in [-0.4, -0.2) is 0 Å². The van der Waals surface area contributed by atoms with Gasteiger partial charge in [-0.15, -0.1) is 0 Å². The molecule has 4 heteroatoms. The van der Waals surface area contributed by atoms with Crippen LogP contribution in [0.2, 0.25) is 0 Å². The minimum atomic E-state index is -2.44. The van der Waals surface area contributed by atoms with Crippen LogP contribution in [0.5, 0.6) is 0 Å². The molecule has 0 N–H and O–H groups in total. The van der Waals surface area contributed by atoms with Gasteiger partial charge < -0.3 is 4.89 Å². The topological polar surface area (TPSA) is 40.1 Å². The van der Waals surface area contributed by atoms with Crippen molar-refractivity contribution in [3.63, 3.8) is 0 Å². The van der Waals surface area contributed by atoms with Crippen molar-refractivity contribution in [2.45, 2.75) is 77.6 Å². The molecule has 0 aliphatic carbocycles. The van der Waals surface area contributed by atoms with Gasteiger partial charge in [0.2, 0.25) is 0 Å². The predicted octanol–water partition coefficient (Wildman–Crippen LogP) is 1.88. The van der Waals surface area contributed by atoms with E-state index in [1.54, 1.807) is 12.1 Å². The Morgan fingerprint density at radius 1 is 0.818 bits per heavy atom. The Kier molecular flexibility index (Phi) is 16.1. The third-order valence-corrected chi connectivity index (χ3v) is 4.69. The Labute approximate surface area is 179 Å². The van der Waals surface area contributed by atoms with E-state index in [9.17, 15) is 9.46 Å². The molecule has 22 heavy (non-hydrogen) atoms. The van der Waals surface area contributed by atoms with Gasteiger partial charge in [-0.25, -0.2) is 0 Å². The summed E-state index contributed by atoms with van der Waals surface area (Å²) in [6.45, 7) is 2.26. The molecule has 0 radical (unpaired) electrons. The van der Waals surface area contributed by atoms with E-state index >= 15 is 0 Å². The number of rotatable bonds is 12. The van der Waals surface area contributed by atoms with Crippen LogP contribution in [-0.2, 0) is 11.0 Å². The summed E-state index contributed by atoms with van der Waals surface area (Å²) in [4.78, 5) is 10.8. The number of aryl methyl sites for hydroxylation is 1. The molecular weight excluding hydrogens is 318 g/mol. The van der Waals surface area contributed by atoms with Gasteiger partial charge >= 0.3 is 59.4 Å². The molecular formula is C18H29KO2P+. The summed E-state index contributed by atoms with van der Waals surface area (Å²) in [6.07, 6.45) is 14.6. The maximum absolute atomic E-state index is 10.8. The molecule has 118 valence electrons. The average Bonchev–Trinajstić information content (AvgIpc) is 2.49. The first-order chi connectivity index (χ1) is 10.2. The van der Waals surface area contributed by atoms with Crippen molar-refractivity contribution < 1.29 is 60.8 Å². The van der Waals surface area contributed by atoms with Crippen molar-refractivity contribution in [1.82, 2.24) is 0 Å². The van der Waals surface area contributed by atoms with E-state index in [4.69, 9.17) is 0 Å². The zero-order valence-corrected chi connectivity index (χ0v) is 18.4. The smallest absolute Gasteiger partial charge is 0.591 e. The maximum Gasteiger partial charge on any atom is 1.00 e. The minimum Gasteiger partial charge on any atom is -0.591 e. The zero-order chi connectivity index (χ0) is 15.3. The molecule has 0 amide bonds. The van der Waals surface area contributed by atoms with Crippen LogP contribution in [0.25, 0.3) is 0 Å². The van der Waals surface area contributed by atoms with Gasteiger partial charge in [0, 0.05) is 0 Å². The fourth-order valence-corrected chi connectivity index (χ4v) is 2.99. The molecule has 0 saturated carbocycles. The molecule has 0 heterocycles. The van der Waals surface area contributed by atoms with Crippen molar-refractivity contribution in [1.29, 1.82) is 0 Å². The van der Waals surface area contributed by atoms with Crippen molar-refractivity contribution in [3.8, 4) is 0 Å². The van der Waals surface area contributed by atoms with Gasteiger partial charge in [0.15, 0.2) is 5.30 Å². The van der Waals surface area contributed by atoms with Crippen LogP contribution in [0.1, 0.15) is 76.7 Å². The van der Waals surface area contributed by atoms with Gasteiger partial charge in [0.1, 0.15) is 0 Å². The van der Waals surface area contributed by atoms with Crippen molar-refractivity contribution >= 4 is 13.3 Å². The Balaban J connectivity index is 0.00000441. The van der Waals surface area contributed by atoms with Gasteiger partial charge in [0.05, 0.1) is 0 Å². The molecule has 1 aromatic rings. The molecule has 1 aromatic carbocycles. The SMILES string of the molecule is CCCCCCCCCCCCc1ccc([P+](=O)[O-])cc1.[K+]. The van der Waals surface area contributed by atoms with Crippen LogP contribution in [0, 0.1) is 0 Å². The van der Waals surface area contributed by atoms with Crippen LogP contribution < -0.4 is 61.6 Å². The fraction of sp³-hybridized carbons (Fsp3) is 0.667. The van der Waals surface area contributed by atoms with E-state index in [1.807, 2.05) is 12.1 Å². The quantitative estimate of drug-likeness (QED) is 0.329. The molecule has 1 rings (SSSR count). The van der Waals surface area contributed by atoms with Crippen LogP contribution in [0.4, 0.5) is 0 Å². The minimum absolute atomic E-state index is 0. The Morgan fingerprint density at radius 2 is 1.27 bits per heavy atom. The molecule has 0 saturated heterocycles. The molecule has 0 bridgehead atoms. The molecule has 0 aliphatic rings. The molecule has 0 aromatic heterocycles. The normalized spacial score (nSPS) is 11.1. The Morgan fingerprint density at radius 3 is 1.73 bits per heavy atom. The van der Waals surface area contributed by atoms with Crippen LogP contribution in [0.15, 0.2) is 24.3 Å². The zero-order valence-electron chi connectivity index (χ0n) is 14.4. The summed E-state index contributed by atoms with van der Waals surface area (Å²) in [7, 11) is -2.44. The second-order valence-electron chi connectivity index (χ2n) is 5.86. The van der Waals surface area contributed by atoms with E-state index in [0.717, 1.165) is 6.42 Å². The average molecular weight is 348 g/mol. The Hall–Kier alpha value is 0.916. The first-order valence-electron chi connectivity index (χ1n) is 8.47. The third kappa shape index (κ3) is 11.5. The van der Waals surface area contributed by atoms with Crippen molar-refractivity contribution in [3.05, 3.63) is 29.8 Å². The summed E-state index contributed by atoms with van der Waals surface area (Å²) >= 11 is 0. The number of benzene rings is 1. The molecule has 0 fully saturated rings. The van der Waals surface area contributed by atoms with E-state index in [1.165, 1.54) is 69.8 Å². The van der Waals surface area contributed by atoms with Gasteiger partial charge in [-0.05, 0) is 30.5 Å².